The number of pyridine rings is 1. The van der Waals surface area contributed by atoms with E-state index >= 15 is 0 Å². The fourth-order valence-electron chi connectivity index (χ4n) is 4.61. The van der Waals surface area contributed by atoms with E-state index < -0.39 is 0 Å². The molecule has 0 unspecified atom stereocenters. The SMILES string of the molecule is Cn1ccnc1CN1C[C@@H]2C[C@H](C1)c1cc(-c3cc(N)ncn3)cc(=O)n1C2. The molecule has 2 aliphatic rings. The van der Waals surface area contributed by atoms with Gasteiger partial charge in [-0.15, -0.1) is 0 Å². The van der Waals surface area contributed by atoms with Crippen molar-refractivity contribution in [3.05, 3.63) is 58.8 Å². The summed E-state index contributed by atoms with van der Waals surface area (Å²) in [6, 6.07) is 5.48. The lowest BCUT2D eigenvalue weighted by Crippen LogP contribution is -2.47. The molecule has 3 aromatic rings. The van der Waals surface area contributed by atoms with Crippen molar-refractivity contribution in [1.29, 1.82) is 0 Å². The molecule has 0 radical (unpaired) electrons. The van der Waals surface area contributed by atoms with Crippen molar-refractivity contribution in [2.24, 2.45) is 13.0 Å². The third-order valence-corrected chi connectivity index (χ3v) is 5.90. The molecular weight excluding hydrogens is 354 g/mol. The quantitative estimate of drug-likeness (QED) is 0.738. The van der Waals surface area contributed by atoms with Crippen LogP contribution in [0.25, 0.3) is 11.3 Å². The first-order valence-corrected chi connectivity index (χ1v) is 9.58. The van der Waals surface area contributed by atoms with Crippen molar-refractivity contribution in [2.45, 2.75) is 25.4 Å². The Kier molecular flexibility index (Phi) is 4.01. The first-order chi connectivity index (χ1) is 13.6. The molecule has 3 aromatic heterocycles. The fourth-order valence-corrected chi connectivity index (χ4v) is 4.61. The first kappa shape index (κ1) is 17.1. The Morgan fingerprint density at radius 2 is 2.04 bits per heavy atom. The van der Waals surface area contributed by atoms with E-state index in [0.717, 1.165) is 49.7 Å². The maximum atomic E-state index is 12.8. The summed E-state index contributed by atoms with van der Waals surface area (Å²) < 4.78 is 4.02. The van der Waals surface area contributed by atoms with Gasteiger partial charge in [-0.05, 0) is 18.4 Å². The Hall–Kier alpha value is -3.00. The molecule has 2 N–H and O–H groups in total. The minimum Gasteiger partial charge on any atom is -0.384 e. The van der Waals surface area contributed by atoms with Crippen LogP contribution >= 0.6 is 0 Å². The average Bonchev–Trinajstić information content (AvgIpc) is 3.07. The number of fused-ring (bicyclic) bond motifs is 4. The summed E-state index contributed by atoms with van der Waals surface area (Å²) in [6.07, 6.45) is 6.38. The third kappa shape index (κ3) is 2.99. The van der Waals surface area contributed by atoms with Crippen molar-refractivity contribution >= 4 is 5.82 Å². The number of likely N-dealkylation sites (tertiary alicyclic amines) is 1. The fraction of sp³-hybridized carbons (Fsp3) is 0.400. The van der Waals surface area contributed by atoms with Crippen LogP contribution in [-0.2, 0) is 20.1 Å². The van der Waals surface area contributed by atoms with Crippen molar-refractivity contribution < 1.29 is 0 Å². The van der Waals surface area contributed by atoms with Gasteiger partial charge in [-0.1, -0.05) is 0 Å². The van der Waals surface area contributed by atoms with Crippen molar-refractivity contribution in [3.63, 3.8) is 0 Å². The van der Waals surface area contributed by atoms with Crippen LogP contribution in [0, 0.1) is 5.92 Å². The summed E-state index contributed by atoms with van der Waals surface area (Å²) in [7, 11) is 2.03. The first-order valence-electron chi connectivity index (χ1n) is 9.58. The molecule has 8 nitrogen and oxygen atoms in total. The van der Waals surface area contributed by atoms with E-state index in [4.69, 9.17) is 5.73 Å². The van der Waals surface area contributed by atoms with E-state index in [9.17, 15) is 4.79 Å². The Morgan fingerprint density at radius 1 is 1.14 bits per heavy atom. The number of nitrogens with zero attached hydrogens (tertiary/aromatic N) is 6. The molecule has 0 amide bonds. The summed E-state index contributed by atoms with van der Waals surface area (Å²) >= 11 is 0. The van der Waals surface area contributed by atoms with Gasteiger partial charge in [0, 0.05) is 68.4 Å². The molecule has 5 rings (SSSR count). The van der Waals surface area contributed by atoms with Crippen molar-refractivity contribution in [1.82, 2.24) is 29.0 Å². The molecular formula is C20H23N7O. The van der Waals surface area contributed by atoms with Crippen LogP contribution in [0.3, 0.4) is 0 Å². The molecule has 0 spiro atoms. The molecule has 0 aromatic carbocycles. The second-order valence-electron chi connectivity index (χ2n) is 7.89. The summed E-state index contributed by atoms with van der Waals surface area (Å²) in [5.41, 5.74) is 8.44. The standard InChI is InChI=1S/C20H23N7O/c1-25-3-2-22-19(25)11-26-8-13-4-15(10-26)17-5-14(6-20(28)27(17)9-13)16-7-18(21)24-12-23-16/h2-3,5-7,12-13,15H,4,8-11H2,1H3,(H2,21,23,24)/t13-,15+/m0/s1. The van der Waals surface area contributed by atoms with Crippen LogP contribution in [0.2, 0.25) is 0 Å². The highest BCUT2D eigenvalue weighted by molar-refractivity contribution is 5.61. The molecule has 144 valence electrons. The Bertz CT molecular complexity index is 1090. The zero-order valence-electron chi connectivity index (χ0n) is 15.8. The number of nitrogens with two attached hydrogens (primary N) is 1. The number of aromatic nitrogens is 5. The Balaban J connectivity index is 1.48. The largest absolute Gasteiger partial charge is 0.384 e. The zero-order valence-corrected chi connectivity index (χ0v) is 15.8. The number of hydrogen-bond donors (Lipinski definition) is 1. The van der Waals surface area contributed by atoms with Gasteiger partial charge in [-0.3, -0.25) is 9.69 Å². The van der Waals surface area contributed by atoms with Gasteiger partial charge in [-0.2, -0.15) is 0 Å². The molecule has 2 atom stereocenters. The Labute approximate surface area is 162 Å². The number of anilines is 1. The number of nitrogen functional groups attached to an aromatic ring is 1. The predicted octanol–water partition coefficient (Wildman–Crippen LogP) is 1.24. The van der Waals surface area contributed by atoms with Gasteiger partial charge < -0.3 is 14.9 Å². The number of imidazole rings is 1. The second-order valence-corrected chi connectivity index (χ2v) is 7.89. The van der Waals surface area contributed by atoms with Gasteiger partial charge >= 0.3 is 0 Å². The summed E-state index contributed by atoms with van der Waals surface area (Å²) in [5.74, 6) is 2.30. The molecule has 2 aliphatic heterocycles. The molecule has 0 saturated carbocycles. The minimum atomic E-state index is 0.0388. The van der Waals surface area contributed by atoms with E-state index in [-0.39, 0.29) is 5.56 Å². The molecule has 5 heterocycles. The van der Waals surface area contributed by atoms with Gasteiger partial charge in [0.2, 0.25) is 0 Å². The molecule has 8 heteroatoms. The van der Waals surface area contributed by atoms with E-state index in [1.54, 1.807) is 12.1 Å². The van der Waals surface area contributed by atoms with Crippen LogP contribution in [0.5, 0.6) is 0 Å². The van der Waals surface area contributed by atoms with Gasteiger partial charge in [-0.25, -0.2) is 15.0 Å². The average molecular weight is 377 g/mol. The molecule has 1 fully saturated rings. The minimum absolute atomic E-state index is 0.0388. The number of aryl methyl sites for hydroxylation is 1. The van der Waals surface area contributed by atoms with E-state index in [0.29, 0.717) is 23.3 Å². The van der Waals surface area contributed by atoms with E-state index in [1.807, 2.05) is 24.0 Å². The van der Waals surface area contributed by atoms with Crippen molar-refractivity contribution in [3.8, 4) is 11.3 Å². The van der Waals surface area contributed by atoms with Crippen LogP contribution in [-0.4, -0.2) is 42.1 Å². The smallest absolute Gasteiger partial charge is 0.251 e. The molecule has 2 bridgehead atoms. The lowest BCUT2D eigenvalue weighted by molar-refractivity contribution is 0.111. The zero-order chi connectivity index (χ0) is 19.3. The topological polar surface area (TPSA) is 94.9 Å². The lowest BCUT2D eigenvalue weighted by atomic mass is 9.82. The van der Waals surface area contributed by atoms with Crippen LogP contribution in [0.4, 0.5) is 5.82 Å². The highest BCUT2D eigenvalue weighted by Crippen LogP contribution is 2.36. The van der Waals surface area contributed by atoms with Crippen LogP contribution < -0.4 is 11.3 Å². The van der Waals surface area contributed by atoms with Crippen molar-refractivity contribution in [2.75, 3.05) is 18.8 Å². The maximum Gasteiger partial charge on any atom is 0.251 e. The predicted molar refractivity (Wildman–Crippen MR) is 105 cm³/mol. The van der Waals surface area contributed by atoms with E-state index in [2.05, 4.69) is 30.5 Å². The van der Waals surface area contributed by atoms with E-state index in [1.165, 1.54) is 6.33 Å². The Morgan fingerprint density at radius 3 is 2.82 bits per heavy atom. The monoisotopic (exact) mass is 377 g/mol. The number of rotatable bonds is 3. The summed E-state index contributed by atoms with van der Waals surface area (Å²) in [4.78, 5) is 28.0. The number of hydrogen-bond acceptors (Lipinski definition) is 6. The molecule has 0 aliphatic carbocycles. The molecule has 1 saturated heterocycles. The highest BCUT2D eigenvalue weighted by Gasteiger charge is 2.35. The van der Waals surface area contributed by atoms with Gasteiger partial charge in [0.1, 0.15) is 18.0 Å². The van der Waals surface area contributed by atoms with Gasteiger partial charge in [0.25, 0.3) is 5.56 Å². The van der Waals surface area contributed by atoms with Gasteiger partial charge in [0.05, 0.1) is 12.2 Å². The van der Waals surface area contributed by atoms with Crippen LogP contribution in [0.1, 0.15) is 23.9 Å². The molecule has 28 heavy (non-hydrogen) atoms. The third-order valence-electron chi connectivity index (χ3n) is 5.90. The lowest BCUT2D eigenvalue weighted by Gasteiger charge is -2.42. The summed E-state index contributed by atoms with van der Waals surface area (Å²) in [6.45, 7) is 3.54. The highest BCUT2D eigenvalue weighted by atomic mass is 16.1. The maximum absolute atomic E-state index is 12.8. The van der Waals surface area contributed by atoms with Crippen LogP contribution in [0.15, 0.2) is 41.7 Å². The normalized spacial score (nSPS) is 21.5. The summed E-state index contributed by atoms with van der Waals surface area (Å²) in [5, 5.41) is 0. The van der Waals surface area contributed by atoms with Gasteiger partial charge in [0.15, 0.2) is 0 Å². The number of piperidine rings is 1. The second kappa shape index (κ2) is 6.56.